The molecule has 0 spiro atoms. The summed E-state index contributed by atoms with van der Waals surface area (Å²) in [6.45, 7) is 2.73. The van der Waals surface area contributed by atoms with Crippen molar-refractivity contribution < 1.29 is 13.2 Å². The van der Waals surface area contributed by atoms with Crippen molar-refractivity contribution in [2.75, 3.05) is 13.1 Å². The van der Waals surface area contributed by atoms with E-state index in [1.807, 2.05) is 25.1 Å². The molecule has 132 valence electrons. The Morgan fingerprint density at radius 2 is 1.60 bits per heavy atom. The van der Waals surface area contributed by atoms with Crippen LogP contribution in [0.25, 0.3) is 0 Å². The van der Waals surface area contributed by atoms with E-state index < -0.39 is 10.0 Å². The fourth-order valence-electron chi connectivity index (χ4n) is 3.07. The SMILES string of the molecule is Cc1ccccc1C(=O)NC1CCN(S(=O)(=O)c2ccccc2)CC1. The molecule has 6 heteroatoms. The summed E-state index contributed by atoms with van der Waals surface area (Å²) in [7, 11) is -3.45. The molecule has 0 bridgehead atoms. The van der Waals surface area contributed by atoms with Gasteiger partial charge in [0.15, 0.2) is 0 Å². The van der Waals surface area contributed by atoms with Crippen molar-refractivity contribution >= 4 is 15.9 Å². The summed E-state index contributed by atoms with van der Waals surface area (Å²) in [5, 5.41) is 3.03. The predicted molar refractivity (Wildman–Crippen MR) is 96.9 cm³/mol. The van der Waals surface area contributed by atoms with Crippen molar-refractivity contribution in [3.8, 4) is 0 Å². The van der Waals surface area contributed by atoms with Gasteiger partial charge in [-0.25, -0.2) is 8.42 Å². The van der Waals surface area contributed by atoms with E-state index in [1.54, 1.807) is 36.4 Å². The Morgan fingerprint density at radius 1 is 1.00 bits per heavy atom. The molecule has 1 saturated heterocycles. The lowest BCUT2D eigenvalue weighted by atomic mass is 10.0. The first-order chi connectivity index (χ1) is 12.0. The number of rotatable bonds is 4. The van der Waals surface area contributed by atoms with Gasteiger partial charge in [-0.15, -0.1) is 0 Å². The number of benzene rings is 2. The highest BCUT2D eigenvalue weighted by atomic mass is 32.2. The van der Waals surface area contributed by atoms with Crippen LogP contribution >= 0.6 is 0 Å². The van der Waals surface area contributed by atoms with Crippen LogP contribution in [-0.2, 0) is 10.0 Å². The molecule has 1 aliphatic heterocycles. The summed E-state index contributed by atoms with van der Waals surface area (Å²) in [6.07, 6.45) is 1.23. The average Bonchev–Trinajstić information content (AvgIpc) is 2.63. The van der Waals surface area contributed by atoms with E-state index in [4.69, 9.17) is 0 Å². The monoisotopic (exact) mass is 358 g/mol. The third-order valence-corrected chi connectivity index (χ3v) is 6.47. The Kier molecular flexibility index (Phi) is 5.20. The minimum absolute atomic E-state index is 0.00525. The first kappa shape index (κ1) is 17.6. The van der Waals surface area contributed by atoms with Crippen molar-refractivity contribution in [1.82, 2.24) is 9.62 Å². The zero-order chi connectivity index (χ0) is 17.9. The number of hydrogen-bond donors (Lipinski definition) is 1. The Labute approximate surface area is 148 Å². The van der Waals surface area contributed by atoms with E-state index in [1.165, 1.54) is 4.31 Å². The molecule has 1 fully saturated rings. The van der Waals surface area contributed by atoms with Gasteiger partial charge in [-0.2, -0.15) is 4.31 Å². The summed E-state index contributed by atoms with van der Waals surface area (Å²) in [4.78, 5) is 12.7. The van der Waals surface area contributed by atoms with Gasteiger partial charge in [-0.3, -0.25) is 4.79 Å². The van der Waals surface area contributed by atoms with Gasteiger partial charge in [0.2, 0.25) is 10.0 Å². The molecule has 1 heterocycles. The van der Waals surface area contributed by atoms with Crippen LogP contribution in [0, 0.1) is 6.92 Å². The summed E-state index contributed by atoms with van der Waals surface area (Å²) in [5.74, 6) is -0.0949. The molecule has 5 nitrogen and oxygen atoms in total. The van der Waals surface area contributed by atoms with E-state index in [2.05, 4.69) is 5.32 Å². The first-order valence-corrected chi connectivity index (χ1v) is 9.84. The van der Waals surface area contributed by atoms with Gasteiger partial charge in [0, 0.05) is 24.7 Å². The van der Waals surface area contributed by atoms with Gasteiger partial charge in [0.25, 0.3) is 5.91 Å². The van der Waals surface area contributed by atoms with E-state index in [-0.39, 0.29) is 11.9 Å². The normalized spacial score (nSPS) is 16.5. The number of carbonyl (C=O) groups is 1. The first-order valence-electron chi connectivity index (χ1n) is 8.40. The van der Waals surface area contributed by atoms with Gasteiger partial charge >= 0.3 is 0 Å². The predicted octanol–water partition coefficient (Wildman–Crippen LogP) is 2.58. The van der Waals surface area contributed by atoms with Crippen LogP contribution in [0.1, 0.15) is 28.8 Å². The standard InChI is InChI=1S/C19H22N2O3S/c1-15-7-5-6-10-18(15)19(22)20-16-11-13-21(14-12-16)25(23,24)17-8-3-2-4-9-17/h2-10,16H,11-14H2,1H3,(H,20,22). The molecule has 0 unspecified atom stereocenters. The molecular formula is C19H22N2O3S. The smallest absolute Gasteiger partial charge is 0.251 e. The Morgan fingerprint density at radius 3 is 2.24 bits per heavy atom. The minimum Gasteiger partial charge on any atom is -0.349 e. The molecule has 0 atom stereocenters. The fourth-order valence-corrected chi connectivity index (χ4v) is 4.56. The molecule has 0 saturated carbocycles. The third-order valence-electron chi connectivity index (χ3n) is 4.56. The highest BCUT2D eigenvalue weighted by Gasteiger charge is 2.29. The lowest BCUT2D eigenvalue weighted by Gasteiger charge is -2.31. The average molecular weight is 358 g/mol. The molecule has 0 aromatic heterocycles. The molecule has 1 amide bonds. The van der Waals surface area contributed by atoms with Gasteiger partial charge in [0.05, 0.1) is 4.90 Å². The zero-order valence-corrected chi connectivity index (χ0v) is 15.0. The van der Waals surface area contributed by atoms with Gasteiger partial charge in [-0.1, -0.05) is 36.4 Å². The maximum absolute atomic E-state index is 12.6. The number of carbonyl (C=O) groups excluding carboxylic acids is 1. The van der Waals surface area contributed by atoms with Crippen molar-refractivity contribution in [2.45, 2.75) is 30.7 Å². The van der Waals surface area contributed by atoms with Crippen molar-refractivity contribution in [1.29, 1.82) is 0 Å². The molecule has 2 aromatic rings. The van der Waals surface area contributed by atoms with Crippen LogP contribution in [-0.4, -0.2) is 37.8 Å². The zero-order valence-electron chi connectivity index (χ0n) is 14.2. The fraction of sp³-hybridized carbons (Fsp3) is 0.316. The second kappa shape index (κ2) is 7.37. The number of sulfonamides is 1. The number of hydrogen-bond acceptors (Lipinski definition) is 3. The van der Waals surface area contributed by atoms with E-state index in [9.17, 15) is 13.2 Å². The Balaban J connectivity index is 1.61. The molecule has 25 heavy (non-hydrogen) atoms. The summed E-state index contributed by atoms with van der Waals surface area (Å²) < 4.78 is 26.7. The minimum atomic E-state index is -3.45. The molecule has 1 aliphatic rings. The lowest BCUT2D eigenvalue weighted by Crippen LogP contribution is -2.46. The number of amides is 1. The third kappa shape index (κ3) is 3.91. The second-order valence-electron chi connectivity index (χ2n) is 6.28. The van der Waals surface area contributed by atoms with Gasteiger partial charge in [0.1, 0.15) is 0 Å². The van der Waals surface area contributed by atoms with Gasteiger partial charge in [-0.05, 0) is 43.5 Å². The largest absolute Gasteiger partial charge is 0.349 e. The molecule has 0 aliphatic carbocycles. The van der Waals surface area contributed by atoms with Crippen molar-refractivity contribution in [3.63, 3.8) is 0 Å². The molecule has 2 aromatic carbocycles. The highest BCUT2D eigenvalue weighted by Crippen LogP contribution is 2.21. The van der Waals surface area contributed by atoms with E-state index >= 15 is 0 Å². The van der Waals surface area contributed by atoms with Crippen LogP contribution in [0.15, 0.2) is 59.5 Å². The van der Waals surface area contributed by atoms with Crippen molar-refractivity contribution in [2.24, 2.45) is 0 Å². The van der Waals surface area contributed by atoms with Crippen LogP contribution in [0.3, 0.4) is 0 Å². The van der Waals surface area contributed by atoms with E-state index in [0.717, 1.165) is 5.56 Å². The molecule has 3 rings (SSSR count). The van der Waals surface area contributed by atoms with Crippen LogP contribution < -0.4 is 5.32 Å². The number of piperidine rings is 1. The van der Waals surface area contributed by atoms with E-state index in [0.29, 0.717) is 36.4 Å². The molecular weight excluding hydrogens is 336 g/mol. The lowest BCUT2D eigenvalue weighted by molar-refractivity contribution is 0.0923. The second-order valence-corrected chi connectivity index (χ2v) is 8.22. The summed E-state index contributed by atoms with van der Waals surface area (Å²) >= 11 is 0. The van der Waals surface area contributed by atoms with Crippen LogP contribution in [0.2, 0.25) is 0 Å². The maximum atomic E-state index is 12.6. The van der Waals surface area contributed by atoms with Crippen LogP contribution in [0.4, 0.5) is 0 Å². The summed E-state index contributed by atoms with van der Waals surface area (Å²) in [5.41, 5.74) is 1.60. The highest BCUT2D eigenvalue weighted by molar-refractivity contribution is 7.89. The summed E-state index contributed by atoms with van der Waals surface area (Å²) in [6, 6.07) is 15.9. The Bertz CT molecular complexity index is 842. The van der Waals surface area contributed by atoms with Crippen LogP contribution in [0.5, 0.6) is 0 Å². The molecule has 1 N–H and O–H groups in total. The number of nitrogens with one attached hydrogen (secondary N) is 1. The topological polar surface area (TPSA) is 66.5 Å². The van der Waals surface area contributed by atoms with Gasteiger partial charge < -0.3 is 5.32 Å². The number of nitrogens with zero attached hydrogens (tertiary/aromatic N) is 1. The number of aryl methyl sites for hydroxylation is 1. The Hall–Kier alpha value is -2.18. The van der Waals surface area contributed by atoms with Crippen molar-refractivity contribution in [3.05, 3.63) is 65.7 Å². The molecule has 0 radical (unpaired) electrons. The maximum Gasteiger partial charge on any atom is 0.251 e. The quantitative estimate of drug-likeness (QED) is 0.913.